The average molecular weight is 206 g/mol. The number of hydrogen-bond acceptors (Lipinski definition) is 3. The SMILES string of the molecule is CCOC(=O)[C@]1(C)Cc2ccccc2O1. The summed E-state index contributed by atoms with van der Waals surface area (Å²) in [6.45, 7) is 3.95. The summed E-state index contributed by atoms with van der Waals surface area (Å²) in [7, 11) is 0. The number of carbonyl (C=O) groups is 1. The maximum absolute atomic E-state index is 11.7. The summed E-state index contributed by atoms with van der Waals surface area (Å²) >= 11 is 0. The molecule has 0 spiro atoms. The summed E-state index contributed by atoms with van der Waals surface area (Å²) in [5, 5.41) is 0. The molecule has 1 aromatic rings. The number of rotatable bonds is 2. The molecule has 0 amide bonds. The number of fused-ring (bicyclic) bond motifs is 1. The Hall–Kier alpha value is -1.51. The van der Waals surface area contributed by atoms with E-state index in [2.05, 4.69) is 0 Å². The lowest BCUT2D eigenvalue weighted by atomic mass is 10.00. The number of benzene rings is 1. The van der Waals surface area contributed by atoms with E-state index in [0.717, 1.165) is 11.3 Å². The van der Waals surface area contributed by atoms with Gasteiger partial charge in [-0.2, -0.15) is 0 Å². The largest absolute Gasteiger partial charge is 0.475 e. The number of carbonyl (C=O) groups excluding carboxylic acids is 1. The van der Waals surface area contributed by atoms with Crippen LogP contribution >= 0.6 is 0 Å². The molecule has 0 N–H and O–H groups in total. The van der Waals surface area contributed by atoms with Crippen molar-refractivity contribution in [1.82, 2.24) is 0 Å². The van der Waals surface area contributed by atoms with Crippen LogP contribution in [-0.2, 0) is 16.0 Å². The molecule has 1 atom stereocenters. The van der Waals surface area contributed by atoms with E-state index < -0.39 is 5.60 Å². The highest BCUT2D eigenvalue weighted by molar-refractivity contribution is 5.81. The molecule has 0 unspecified atom stereocenters. The van der Waals surface area contributed by atoms with Crippen molar-refractivity contribution in [3.8, 4) is 5.75 Å². The van der Waals surface area contributed by atoms with Gasteiger partial charge in [-0.1, -0.05) is 18.2 Å². The summed E-state index contributed by atoms with van der Waals surface area (Å²) in [5.74, 6) is 0.495. The Kier molecular flexibility index (Phi) is 2.39. The van der Waals surface area contributed by atoms with Gasteiger partial charge in [0.05, 0.1) is 6.61 Å². The van der Waals surface area contributed by atoms with Gasteiger partial charge < -0.3 is 9.47 Å². The van der Waals surface area contributed by atoms with Crippen molar-refractivity contribution in [1.29, 1.82) is 0 Å². The van der Waals surface area contributed by atoms with Crippen molar-refractivity contribution in [2.75, 3.05) is 6.61 Å². The minimum atomic E-state index is -0.848. The molecule has 0 fully saturated rings. The third-order valence-electron chi connectivity index (χ3n) is 2.54. The summed E-state index contributed by atoms with van der Waals surface area (Å²) in [4.78, 5) is 11.7. The van der Waals surface area contributed by atoms with Gasteiger partial charge in [-0.3, -0.25) is 0 Å². The summed E-state index contributed by atoms with van der Waals surface area (Å²) in [5.41, 5.74) is 0.215. The summed E-state index contributed by atoms with van der Waals surface area (Å²) < 4.78 is 10.6. The number of ether oxygens (including phenoxy) is 2. The topological polar surface area (TPSA) is 35.5 Å². The molecular weight excluding hydrogens is 192 g/mol. The molecule has 0 saturated heterocycles. The van der Waals surface area contributed by atoms with Crippen molar-refractivity contribution < 1.29 is 14.3 Å². The fourth-order valence-electron chi connectivity index (χ4n) is 1.79. The van der Waals surface area contributed by atoms with E-state index in [4.69, 9.17) is 9.47 Å². The minimum absolute atomic E-state index is 0.291. The molecule has 2 rings (SSSR count). The molecule has 0 bridgehead atoms. The predicted molar refractivity (Wildman–Crippen MR) is 55.8 cm³/mol. The third kappa shape index (κ3) is 1.69. The van der Waals surface area contributed by atoms with Gasteiger partial charge in [0.2, 0.25) is 5.60 Å². The first kappa shape index (κ1) is 10.0. The lowest BCUT2D eigenvalue weighted by molar-refractivity contribution is -0.158. The number of esters is 1. The van der Waals surface area contributed by atoms with Crippen LogP contribution in [0.5, 0.6) is 5.75 Å². The molecule has 1 heterocycles. The van der Waals surface area contributed by atoms with Crippen LogP contribution in [-0.4, -0.2) is 18.2 Å². The highest BCUT2D eigenvalue weighted by Gasteiger charge is 2.42. The Bertz CT molecular complexity index is 359. The van der Waals surface area contributed by atoms with Gasteiger partial charge >= 0.3 is 5.97 Å². The first-order chi connectivity index (χ1) is 7.15. The van der Waals surface area contributed by atoms with Gasteiger partial charge in [-0.15, -0.1) is 0 Å². The van der Waals surface area contributed by atoms with Crippen LogP contribution in [0.15, 0.2) is 24.3 Å². The summed E-state index contributed by atoms with van der Waals surface area (Å²) in [6.07, 6.45) is 0.585. The monoisotopic (exact) mass is 206 g/mol. The molecule has 3 heteroatoms. The molecule has 0 radical (unpaired) electrons. The van der Waals surface area contributed by atoms with Gasteiger partial charge in [0.1, 0.15) is 5.75 Å². The first-order valence-corrected chi connectivity index (χ1v) is 5.10. The van der Waals surface area contributed by atoms with Crippen molar-refractivity contribution in [3.63, 3.8) is 0 Å². The van der Waals surface area contributed by atoms with E-state index >= 15 is 0 Å². The van der Waals surface area contributed by atoms with E-state index in [0.29, 0.717) is 13.0 Å². The third-order valence-corrected chi connectivity index (χ3v) is 2.54. The van der Waals surface area contributed by atoms with Gasteiger partial charge in [0.15, 0.2) is 0 Å². The Morgan fingerprint density at radius 2 is 2.27 bits per heavy atom. The quantitative estimate of drug-likeness (QED) is 0.694. The second kappa shape index (κ2) is 3.57. The van der Waals surface area contributed by atoms with E-state index in [1.807, 2.05) is 24.3 Å². The van der Waals surface area contributed by atoms with Gasteiger partial charge in [-0.05, 0) is 25.5 Å². The Morgan fingerprint density at radius 3 is 2.93 bits per heavy atom. The van der Waals surface area contributed by atoms with Gasteiger partial charge in [0, 0.05) is 6.42 Å². The van der Waals surface area contributed by atoms with Crippen molar-refractivity contribution in [2.45, 2.75) is 25.9 Å². The number of para-hydroxylation sites is 1. The Morgan fingerprint density at radius 1 is 1.53 bits per heavy atom. The molecule has 1 aliphatic rings. The number of hydrogen-bond donors (Lipinski definition) is 0. The van der Waals surface area contributed by atoms with E-state index in [1.54, 1.807) is 13.8 Å². The van der Waals surface area contributed by atoms with Crippen LogP contribution in [0.25, 0.3) is 0 Å². The standard InChI is InChI=1S/C12H14O3/c1-3-14-11(13)12(2)8-9-6-4-5-7-10(9)15-12/h4-7H,3,8H2,1-2H3/t12-/m0/s1. The summed E-state index contributed by atoms with van der Waals surface area (Å²) in [6, 6.07) is 7.69. The van der Waals surface area contributed by atoms with E-state index in [-0.39, 0.29) is 5.97 Å². The first-order valence-electron chi connectivity index (χ1n) is 5.10. The second-order valence-corrected chi connectivity index (χ2v) is 3.84. The second-order valence-electron chi connectivity index (χ2n) is 3.84. The van der Waals surface area contributed by atoms with E-state index in [9.17, 15) is 4.79 Å². The smallest absolute Gasteiger partial charge is 0.350 e. The van der Waals surface area contributed by atoms with Crippen LogP contribution in [0, 0.1) is 0 Å². The lowest BCUT2D eigenvalue weighted by Crippen LogP contribution is -2.41. The van der Waals surface area contributed by atoms with Crippen LogP contribution in [0.1, 0.15) is 19.4 Å². The maximum Gasteiger partial charge on any atom is 0.350 e. The Labute approximate surface area is 89.0 Å². The zero-order chi connectivity index (χ0) is 10.9. The molecule has 15 heavy (non-hydrogen) atoms. The normalized spacial score (nSPS) is 23.1. The molecule has 3 nitrogen and oxygen atoms in total. The van der Waals surface area contributed by atoms with E-state index in [1.165, 1.54) is 0 Å². The zero-order valence-electron chi connectivity index (χ0n) is 8.95. The molecular formula is C12H14O3. The van der Waals surface area contributed by atoms with Crippen molar-refractivity contribution in [2.24, 2.45) is 0 Å². The van der Waals surface area contributed by atoms with Crippen LogP contribution in [0.2, 0.25) is 0 Å². The average Bonchev–Trinajstić information content (AvgIpc) is 2.56. The van der Waals surface area contributed by atoms with Gasteiger partial charge in [0.25, 0.3) is 0 Å². The molecule has 0 aliphatic carbocycles. The van der Waals surface area contributed by atoms with Crippen molar-refractivity contribution in [3.05, 3.63) is 29.8 Å². The molecule has 1 aliphatic heterocycles. The fourth-order valence-corrected chi connectivity index (χ4v) is 1.79. The predicted octanol–water partition coefficient (Wildman–Crippen LogP) is 1.94. The molecule has 1 aromatic carbocycles. The maximum atomic E-state index is 11.7. The van der Waals surface area contributed by atoms with Crippen LogP contribution in [0.3, 0.4) is 0 Å². The van der Waals surface area contributed by atoms with Crippen molar-refractivity contribution >= 4 is 5.97 Å². The highest BCUT2D eigenvalue weighted by Crippen LogP contribution is 2.35. The molecule has 0 saturated carbocycles. The van der Waals surface area contributed by atoms with Gasteiger partial charge in [-0.25, -0.2) is 4.79 Å². The minimum Gasteiger partial charge on any atom is -0.475 e. The van der Waals surface area contributed by atoms with Crippen LogP contribution in [0.4, 0.5) is 0 Å². The lowest BCUT2D eigenvalue weighted by Gasteiger charge is -2.21. The molecule has 80 valence electrons. The fraction of sp³-hybridized carbons (Fsp3) is 0.417. The highest BCUT2D eigenvalue weighted by atomic mass is 16.6. The van der Waals surface area contributed by atoms with Crippen LogP contribution < -0.4 is 4.74 Å². The molecule has 0 aromatic heterocycles. The zero-order valence-corrected chi connectivity index (χ0v) is 8.95. The Balaban J connectivity index is 2.21.